The van der Waals surface area contributed by atoms with E-state index in [1.807, 2.05) is 0 Å². The predicted molar refractivity (Wildman–Crippen MR) is 81.4 cm³/mol. The Hall–Kier alpha value is -1.50. The summed E-state index contributed by atoms with van der Waals surface area (Å²) in [7, 11) is 0. The van der Waals surface area contributed by atoms with Crippen LogP contribution in [0.5, 0.6) is 0 Å². The summed E-state index contributed by atoms with van der Waals surface area (Å²) in [5, 5.41) is 0. The number of benzene rings is 1. The molecule has 0 aliphatic heterocycles. The molecule has 0 radical (unpaired) electrons. The second kappa shape index (κ2) is 5.64. The molecule has 1 aromatic heterocycles. The molecule has 19 heavy (non-hydrogen) atoms. The summed E-state index contributed by atoms with van der Waals surface area (Å²) in [4.78, 5) is 0. The van der Waals surface area contributed by atoms with Gasteiger partial charge in [0.25, 0.3) is 0 Å². The topological polar surface area (TPSA) is 4.93 Å². The maximum absolute atomic E-state index is 2.53. The Morgan fingerprint density at radius 3 is 2.63 bits per heavy atom. The van der Waals surface area contributed by atoms with Gasteiger partial charge in [-0.3, -0.25) is 0 Å². The van der Waals surface area contributed by atoms with Crippen LogP contribution < -0.4 is 0 Å². The number of aromatic nitrogens is 1. The number of fused-ring (bicyclic) bond motifs is 1. The van der Waals surface area contributed by atoms with E-state index in [4.69, 9.17) is 0 Å². The fourth-order valence-electron chi connectivity index (χ4n) is 3.20. The van der Waals surface area contributed by atoms with Crippen molar-refractivity contribution < 1.29 is 0 Å². The van der Waals surface area contributed by atoms with Gasteiger partial charge < -0.3 is 4.57 Å². The number of hydrogen-bond donors (Lipinski definition) is 0. The van der Waals surface area contributed by atoms with E-state index in [1.165, 1.54) is 56.2 Å². The molecule has 1 nitrogen and oxygen atoms in total. The minimum atomic E-state index is 1.19. The minimum absolute atomic E-state index is 1.19. The van der Waals surface area contributed by atoms with Crippen LogP contribution in [-0.2, 0) is 19.4 Å². The van der Waals surface area contributed by atoms with Crippen LogP contribution >= 0.6 is 0 Å². The van der Waals surface area contributed by atoms with E-state index in [9.17, 15) is 0 Å². The van der Waals surface area contributed by atoms with Crippen molar-refractivity contribution in [3.8, 4) is 11.1 Å². The molecule has 0 spiro atoms. The largest absolute Gasteiger partial charge is 0.351 e. The van der Waals surface area contributed by atoms with Crippen LogP contribution in [0, 0.1) is 0 Å². The van der Waals surface area contributed by atoms with Gasteiger partial charge in [0.1, 0.15) is 0 Å². The second-order valence-electron chi connectivity index (χ2n) is 5.59. The molecule has 1 aliphatic carbocycles. The van der Waals surface area contributed by atoms with Crippen molar-refractivity contribution in [3.63, 3.8) is 0 Å². The van der Waals surface area contributed by atoms with Crippen LogP contribution in [0.1, 0.15) is 43.9 Å². The molecule has 3 rings (SSSR count). The van der Waals surface area contributed by atoms with Gasteiger partial charge in [0.2, 0.25) is 0 Å². The lowest BCUT2D eigenvalue weighted by molar-refractivity contribution is 0.576. The quantitative estimate of drug-likeness (QED) is 0.735. The summed E-state index contributed by atoms with van der Waals surface area (Å²) in [6.45, 7) is 3.46. The van der Waals surface area contributed by atoms with Gasteiger partial charge in [-0.15, -0.1) is 0 Å². The van der Waals surface area contributed by atoms with Crippen LogP contribution in [0.15, 0.2) is 36.5 Å². The Kier molecular flexibility index (Phi) is 3.72. The summed E-state index contributed by atoms with van der Waals surface area (Å²) in [6.07, 6.45) is 10.2. The van der Waals surface area contributed by atoms with Gasteiger partial charge in [0.15, 0.2) is 0 Å². The van der Waals surface area contributed by atoms with Gasteiger partial charge >= 0.3 is 0 Å². The SMILES string of the molecule is CCCCn1cc(-c2ccccc2)c2c1CCCC2. The van der Waals surface area contributed by atoms with Gasteiger partial charge in [-0.2, -0.15) is 0 Å². The molecule has 0 unspecified atom stereocenters. The van der Waals surface area contributed by atoms with Crippen molar-refractivity contribution >= 4 is 0 Å². The Balaban J connectivity index is 2.02. The lowest BCUT2D eigenvalue weighted by Gasteiger charge is -2.16. The zero-order valence-electron chi connectivity index (χ0n) is 11.9. The van der Waals surface area contributed by atoms with Crippen LogP contribution in [0.25, 0.3) is 11.1 Å². The summed E-state index contributed by atoms with van der Waals surface area (Å²) < 4.78 is 2.53. The van der Waals surface area contributed by atoms with Crippen molar-refractivity contribution in [1.29, 1.82) is 0 Å². The van der Waals surface area contributed by atoms with E-state index in [1.54, 1.807) is 11.3 Å². The molecule has 0 saturated heterocycles. The molecular weight excluding hydrogens is 230 g/mol. The molecule has 0 fully saturated rings. The third-order valence-electron chi connectivity index (χ3n) is 4.23. The third kappa shape index (κ3) is 2.47. The van der Waals surface area contributed by atoms with E-state index in [2.05, 4.69) is 48.0 Å². The van der Waals surface area contributed by atoms with Crippen LogP contribution in [0.3, 0.4) is 0 Å². The first-order chi connectivity index (χ1) is 9.40. The summed E-state index contributed by atoms with van der Waals surface area (Å²) in [5.74, 6) is 0. The van der Waals surface area contributed by atoms with Crippen LogP contribution in [0.4, 0.5) is 0 Å². The Labute approximate surface area is 116 Å². The molecule has 2 aromatic rings. The maximum Gasteiger partial charge on any atom is 0.0222 e. The summed E-state index contributed by atoms with van der Waals surface area (Å²) in [6, 6.07) is 10.9. The fraction of sp³-hybridized carbons (Fsp3) is 0.444. The molecule has 1 aliphatic rings. The van der Waals surface area contributed by atoms with Crippen molar-refractivity contribution in [2.24, 2.45) is 0 Å². The average Bonchev–Trinajstić information content (AvgIpc) is 2.85. The maximum atomic E-state index is 2.53. The monoisotopic (exact) mass is 253 g/mol. The first-order valence-corrected chi connectivity index (χ1v) is 7.66. The first kappa shape index (κ1) is 12.5. The van der Waals surface area contributed by atoms with Crippen molar-refractivity contribution in [3.05, 3.63) is 47.8 Å². The number of hydrogen-bond acceptors (Lipinski definition) is 0. The highest BCUT2D eigenvalue weighted by molar-refractivity contribution is 5.68. The van der Waals surface area contributed by atoms with Crippen LogP contribution in [-0.4, -0.2) is 4.57 Å². The Morgan fingerprint density at radius 1 is 1.05 bits per heavy atom. The Bertz CT molecular complexity index is 536. The van der Waals surface area contributed by atoms with E-state index < -0.39 is 0 Å². The number of aryl methyl sites for hydroxylation is 1. The van der Waals surface area contributed by atoms with Gasteiger partial charge in [-0.25, -0.2) is 0 Å². The van der Waals surface area contributed by atoms with Crippen molar-refractivity contribution in [2.75, 3.05) is 0 Å². The number of nitrogens with zero attached hydrogens (tertiary/aromatic N) is 1. The lowest BCUT2D eigenvalue weighted by atomic mass is 9.92. The molecular formula is C18H23N. The van der Waals surface area contributed by atoms with Crippen LogP contribution in [0.2, 0.25) is 0 Å². The van der Waals surface area contributed by atoms with Gasteiger partial charge in [0.05, 0.1) is 0 Å². The molecule has 1 heteroatoms. The fourth-order valence-corrected chi connectivity index (χ4v) is 3.20. The average molecular weight is 253 g/mol. The first-order valence-electron chi connectivity index (χ1n) is 7.66. The lowest BCUT2D eigenvalue weighted by Crippen LogP contribution is -2.08. The molecule has 0 saturated carbocycles. The molecule has 1 aromatic carbocycles. The highest BCUT2D eigenvalue weighted by atomic mass is 15.0. The zero-order valence-corrected chi connectivity index (χ0v) is 11.9. The van der Waals surface area contributed by atoms with Crippen molar-refractivity contribution in [1.82, 2.24) is 4.57 Å². The molecule has 0 bridgehead atoms. The normalized spacial score (nSPS) is 14.4. The number of rotatable bonds is 4. The van der Waals surface area contributed by atoms with Gasteiger partial charge in [0, 0.05) is 24.0 Å². The minimum Gasteiger partial charge on any atom is -0.351 e. The molecule has 0 N–H and O–H groups in total. The summed E-state index contributed by atoms with van der Waals surface area (Å²) in [5.41, 5.74) is 6.09. The van der Waals surface area contributed by atoms with Gasteiger partial charge in [-0.05, 0) is 43.2 Å². The highest BCUT2D eigenvalue weighted by Gasteiger charge is 2.19. The van der Waals surface area contributed by atoms with E-state index >= 15 is 0 Å². The number of unbranched alkanes of at least 4 members (excludes halogenated alkanes) is 1. The predicted octanol–water partition coefficient (Wildman–Crippen LogP) is 4.83. The molecule has 0 amide bonds. The van der Waals surface area contributed by atoms with E-state index in [0.29, 0.717) is 0 Å². The van der Waals surface area contributed by atoms with Gasteiger partial charge in [-0.1, -0.05) is 43.7 Å². The standard InChI is InChI=1S/C18H23N/c1-2-3-13-19-14-17(15-9-5-4-6-10-15)16-11-7-8-12-18(16)19/h4-6,9-10,14H,2-3,7-8,11-13H2,1H3. The Morgan fingerprint density at radius 2 is 1.84 bits per heavy atom. The third-order valence-corrected chi connectivity index (χ3v) is 4.23. The molecule has 1 heterocycles. The zero-order chi connectivity index (χ0) is 13.1. The van der Waals surface area contributed by atoms with Crippen molar-refractivity contribution in [2.45, 2.75) is 52.0 Å². The highest BCUT2D eigenvalue weighted by Crippen LogP contribution is 2.33. The molecule has 0 atom stereocenters. The molecule has 100 valence electrons. The van der Waals surface area contributed by atoms with E-state index in [0.717, 1.165) is 0 Å². The van der Waals surface area contributed by atoms with E-state index in [-0.39, 0.29) is 0 Å². The second-order valence-corrected chi connectivity index (χ2v) is 5.59. The summed E-state index contributed by atoms with van der Waals surface area (Å²) >= 11 is 0. The smallest absolute Gasteiger partial charge is 0.0222 e.